The molecule has 3 atom stereocenters. The van der Waals surface area contributed by atoms with Crippen molar-refractivity contribution in [2.45, 2.75) is 19.3 Å². The number of ether oxygens (including phenoxy) is 7. The average Bonchev–Trinajstić information content (AvgIpc) is 3.43. The monoisotopic (exact) mass is 442 g/mol. The van der Waals surface area contributed by atoms with Crippen molar-refractivity contribution < 1.29 is 38.0 Å². The van der Waals surface area contributed by atoms with Crippen LogP contribution in [0.3, 0.4) is 0 Å². The SMILES string of the molecule is CCOc1c2c(cc3c1OCO3)C(c1cc(OC)c(OC)c(OC)c1)C1C(=O)OCC1C2. The Morgan fingerprint density at radius 1 is 0.969 bits per heavy atom. The molecule has 2 heterocycles. The van der Waals surface area contributed by atoms with Crippen LogP contribution in [-0.2, 0) is 16.0 Å². The number of hydrogen-bond acceptors (Lipinski definition) is 8. The molecule has 0 N–H and O–H groups in total. The Morgan fingerprint density at radius 3 is 2.38 bits per heavy atom. The third-order valence-corrected chi connectivity index (χ3v) is 6.47. The minimum atomic E-state index is -0.333. The molecule has 8 heteroatoms. The smallest absolute Gasteiger partial charge is 0.310 e. The Labute approximate surface area is 186 Å². The van der Waals surface area contributed by atoms with E-state index in [-0.39, 0.29) is 30.5 Å². The normalized spacial score (nSPS) is 22.6. The molecular weight excluding hydrogens is 416 g/mol. The van der Waals surface area contributed by atoms with Crippen molar-refractivity contribution in [3.8, 4) is 34.5 Å². The van der Waals surface area contributed by atoms with Crippen molar-refractivity contribution in [2.75, 3.05) is 41.3 Å². The molecule has 1 aliphatic carbocycles. The maximum atomic E-state index is 12.9. The van der Waals surface area contributed by atoms with Crippen LogP contribution in [0.15, 0.2) is 18.2 Å². The minimum Gasteiger partial charge on any atom is -0.493 e. The second-order valence-corrected chi connectivity index (χ2v) is 8.00. The summed E-state index contributed by atoms with van der Waals surface area (Å²) in [5.74, 6) is 2.70. The van der Waals surface area contributed by atoms with E-state index in [0.717, 1.165) is 16.7 Å². The number of cyclic esters (lactones) is 1. The summed E-state index contributed by atoms with van der Waals surface area (Å²) < 4.78 is 39.6. The van der Waals surface area contributed by atoms with Crippen LogP contribution >= 0.6 is 0 Å². The molecule has 0 bridgehead atoms. The highest BCUT2D eigenvalue weighted by Crippen LogP contribution is 2.56. The summed E-state index contributed by atoms with van der Waals surface area (Å²) in [6.45, 7) is 2.95. The maximum Gasteiger partial charge on any atom is 0.310 e. The highest BCUT2D eigenvalue weighted by atomic mass is 16.7. The zero-order chi connectivity index (χ0) is 22.4. The van der Waals surface area contributed by atoms with E-state index in [9.17, 15) is 4.79 Å². The van der Waals surface area contributed by atoms with E-state index in [0.29, 0.717) is 54.1 Å². The lowest BCUT2D eigenvalue weighted by atomic mass is 9.67. The lowest BCUT2D eigenvalue weighted by Crippen LogP contribution is -2.32. The van der Waals surface area contributed by atoms with Crippen molar-refractivity contribution in [1.29, 1.82) is 0 Å². The van der Waals surface area contributed by atoms with Crippen LogP contribution in [0.1, 0.15) is 29.5 Å². The molecule has 3 aliphatic rings. The number of rotatable bonds is 6. The molecule has 2 aliphatic heterocycles. The van der Waals surface area contributed by atoms with Gasteiger partial charge < -0.3 is 33.2 Å². The topological polar surface area (TPSA) is 81.7 Å². The van der Waals surface area contributed by atoms with Crippen LogP contribution in [0, 0.1) is 11.8 Å². The van der Waals surface area contributed by atoms with Crippen LogP contribution in [0.2, 0.25) is 0 Å². The number of carbonyl (C=O) groups excluding carboxylic acids is 1. The van der Waals surface area contributed by atoms with Gasteiger partial charge in [0.15, 0.2) is 23.0 Å². The summed E-state index contributed by atoms with van der Waals surface area (Å²) >= 11 is 0. The lowest BCUT2D eigenvalue weighted by molar-refractivity contribution is -0.141. The van der Waals surface area contributed by atoms with Gasteiger partial charge in [0.25, 0.3) is 0 Å². The molecule has 0 radical (unpaired) electrons. The number of benzene rings is 2. The molecule has 32 heavy (non-hydrogen) atoms. The van der Waals surface area contributed by atoms with E-state index in [4.69, 9.17) is 33.2 Å². The molecule has 0 saturated carbocycles. The number of fused-ring (bicyclic) bond motifs is 3. The minimum absolute atomic E-state index is 0.0265. The van der Waals surface area contributed by atoms with Crippen molar-refractivity contribution >= 4 is 5.97 Å². The number of hydrogen-bond donors (Lipinski definition) is 0. The van der Waals surface area contributed by atoms with Gasteiger partial charge in [-0.2, -0.15) is 0 Å². The Bertz CT molecular complexity index is 1040. The molecular formula is C24H26O8. The Kier molecular flexibility index (Phi) is 5.15. The van der Waals surface area contributed by atoms with Crippen molar-refractivity contribution in [2.24, 2.45) is 11.8 Å². The molecule has 2 aromatic rings. The van der Waals surface area contributed by atoms with Crippen LogP contribution in [-0.4, -0.2) is 47.3 Å². The van der Waals surface area contributed by atoms with Crippen molar-refractivity contribution in [3.63, 3.8) is 0 Å². The quantitative estimate of drug-likeness (QED) is 0.631. The molecule has 0 aromatic heterocycles. The van der Waals surface area contributed by atoms with Crippen molar-refractivity contribution in [3.05, 3.63) is 34.9 Å². The van der Waals surface area contributed by atoms with E-state index in [1.165, 1.54) is 0 Å². The van der Waals surface area contributed by atoms with Gasteiger partial charge in [0.05, 0.1) is 40.5 Å². The largest absolute Gasteiger partial charge is 0.493 e. The summed E-state index contributed by atoms with van der Waals surface area (Å²) in [6, 6.07) is 5.76. The number of carbonyl (C=O) groups is 1. The third-order valence-electron chi connectivity index (χ3n) is 6.47. The first kappa shape index (κ1) is 20.6. The van der Waals surface area contributed by atoms with Crippen LogP contribution in [0.5, 0.6) is 34.5 Å². The standard InChI is InChI=1S/C24H26O8/c1-5-29-21-15-6-13-10-30-24(25)20(13)19(14(15)9-18-23(21)32-11-31-18)12-7-16(26-2)22(28-4)17(8-12)27-3/h7-9,13,19-20H,5-6,10-11H2,1-4H3. The zero-order valence-electron chi connectivity index (χ0n) is 18.6. The fourth-order valence-electron chi connectivity index (χ4n) is 5.15. The Hall–Kier alpha value is -3.29. The van der Waals surface area contributed by atoms with E-state index in [2.05, 4.69) is 0 Å². The second-order valence-electron chi connectivity index (χ2n) is 8.00. The molecule has 0 spiro atoms. The fourth-order valence-corrected chi connectivity index (χ4v) is 5.15. The van der Waals surface area contributed by atoms with Gasteiger partial charge in [0.1, 0.15) is 0 Å². The number of esters is 1. The lowest BCUT2D eigenvalue weighted by Gasteiger charge is -2.35. The van der Waals surface area contributed by atoms with Gasteiger partial charge >= 0.3 is 5.97 Å². The number of methoxy groups -OCH3 is 3. The van der Waals surface area contributed by atoms with E-state index in [1.54, 1.807) is 21.3 Å². The molecule has 1 fully saturated rings. The van der Waals surface area contributed by atoms with Gasteiger partial charge in [-0.1, -0.05) is 0 Å². The predicted octanol–water partition coefficient (Wildman–Crippen LogP) is 3.32. The van der Waals surface area contributed by atoms with Gasteiger partial charge in [0.2, 0.25) is 18.3 Å². The highest BCUT2D eigenvalue weighted by molar-refractivity contribution is 5.79. The van der Waals surface area contributed by atoms with Gasteiger partial charge in [-0.3, -0.25) is 4.79 Å². The van der Waals surface area contributed by atoms with E-state index >= 15 is 0 Å². The Morgan fingerprint density at radius 2 is 1.72 bits per heavy atom. The summed E-state index contributed by atoms with van der Waals surface area (Å²) in [7, 11) is 4.72. The second kappa shape index (κ2) is 8.00. The molecule has 5 rings (SSSR count). The van der Waals surface area contributed by atoms with Crippen molar-refractivity contribution in [1.82, 2.24) is 0 Å². The first-order chi connectivity index (χ1) is 15.6. The van der Waals surface area contributed by atoms with E-state index in [1.807, 2.05) is 25.1 Å². The average molecular weight is 442 g/mol. The summed E-state index contributed by atoms with van der Waals surface area (Å²) in [6.07, 6.45) is 0.665. The molecule has 8 nitrogen and oxygen atoms in total. The van der Waals surface area contributed by atoms with Gasteiger partial charge in [-0.05, 0) is 42.7 Å². The predicted molar refractivity (Wildman–Crippen MR) is 113 cm³/mol. The van der Waals surface area contributed by atoms with Gasteiger partial charge in [-0.15, -0.1) is 0 Å². The zero-order valence-corrected chi connectivity index (χ0v) is 18.6. The van der Waals surface area contributed by atoms with Crippen LogP contribution in [0.4, 0.5) is 0 Å². The first-order valence-corrected chi connectivity index (χ1v) is 10.7. The Balaban J connectivity index is 1.75. The van der Waals surface area contributed by atoms with Gasteiger partial charge in [-0.25, -0.2) is 0 Å². The molecule has 0 amide bonds. The molecule has 1 saturated heterocycles. The van der Waals surface area contributed by atoms with Gasteiger partial charge in [0, 0.05) is 17.4 Å². The third kappa shape index (κ3) is 3.00. The van der Waals surface area contributed by atoms with E-state index < -0.39 is 0 Å². The summed E-state index contributed by atoms with van der Waals surface area (Å²) in [5.41, 5.74) is 2.86. The van der Waals surface area contributed by atoms with Crippen LogP contribution in [0.25, 0.3) is 0 Å². The summed E-state index contributed by atoms with van der Waals surface area (Å²) in [5, 5.41) is 0. The fraction of sp³-hybridized carbons (Fsp3) is 0.458. The molecule has 170 valence electrons. The van der Waals surface area contributed by atoms with Crippen LogP contribution < -0.4 is 28.4 Å². The molecule has 2 aromatic carbocycles. The summed E-state index contributed by atoms with van der Waals surface area (Å²) in [4.78, 5) is 12.9. The first-order valence-electron chi connectivity index (χ1n) is 10.7. The molecule has 3 unspecified atom stereocenters. The maximum absolute atomic E-state index is 12.9. The highest BCUT2D eigenvalue weighted by Gasteiger charge is 2.49.